The van der Waals surface area contributed by atoms with Crippen molar-refractivity contribution < 1.29 is 12.8 Å². The third kappa shape index (κ3) is 6.45. The summed E-state index contributed by atoms with van der Waals surface area (Å²) in [5, 5.41) is 0. The molecule has 0 aromatic heterocycles. The minimum atomic E-state index is -3.37. The quantitative estimate of drug-likeness (QED) is 0.524. The SMILES string of the molecule is CCCCCCCCS(=O)(=O)Nc1cc(-c2ccc(F)cc2)ccc1C. The lowest BCUT2D eigenvalue weighted by Crippen LogP contribution is -2.17. The smallest absolute Gasteiger partial charge is 0.232 e. The molecule has 0 heterocycles. The van der Waals surface area contributed by atoms with Gasteiger partial charge in [-0.05, 0) is 48.2 Å². The van der Waals surface area contributed by atoms with Crippen LogP contribution >= 0.6 is 0 Å². The third-order valence-electron chi connectivity index (χ3n) is 4.45. The molecular weight excluding hydrogens is 349 g/mol. The van der Waals surface area contributed by atoms with Crippen LogP contribution in [0.4, 0.5) is 10.1 Å². The third-order valence-corrected chi connectivity index (χ3v) is 5.80. The van der Waals surface area contributed by atoms with Gasteiger partial charge in [0.1, 0.15) is 5.82 Å². The Morgan fingerprint density at radius 1 is 0.885 bits per heavy atom. The van der Waals surface area contributed by atoms with E-state index in [0.717, 1.165) is 29.5 Å². The van der Waals surface area contributed by atoms with Crippen molar-refractivity contribution in [3.63, 3.8) is 0 Å². The summed E-state index contributed by atoms with van der Waals surface area (Å²) in [7, 11) is -3.37. The maximum Gasteiger partial charge on any atom is 0.232 e. The van der Waals surface area contributed by atoms with Crippen LogP contribution in [-0.4, -0.2) is 14.2 Å². The zero-order valence-corrected chi connectivity index (χ0v) is 16.4. The largest absolute Gasteiger partial charge is 0.283 e. The fourth-order valence-corrected chi connectivity index (χ4v) is 4.09. The van der Waals surface area contributed by atoms with Crippen molar-refractivity contribution in [3.8, 4) is 11.1 Å². The Labute approximate surface area is 156 Å². The number of sulfonamides is 1. The van der Waals surface area contributed by atoms with Gasteiger partial charge < -0.3 is 0 Å². The molecule has 5 heteroatoms. The standard InChI is InChI=1S/C21H28FNO2S/c1-3-4-5-6-7-8-15-26(24,25)23-21-16-19(10-9-17(21)2)18-11-13-20(22)14-12-18/h9-14,16,23H,3-8,15H2,1-2H3. The maximum atomic E-state index is 13.1. The van der Waals surface area contributed by atoms with Gasteiger partial charge in [0, 0.05) is 0 Å². The molecule has 0 amide bonds. The molecule has 0 bridgehead atoms. The van der Waals surface area contributed by atoms with Crippen molar-refractivity contribution in [3.05, 3.63) is 53.8 Å². The van der Waals surface area contributed by atoms with E-state index in [4.69, 9.17) is 0 Å². The summed E-state index contributed by atoms with van der Waals surface area (Å²) in [5.74, 6) is -0.153. The van der Waals surface area contributed by atoms with Gasteiger partial charge in [0.25, 0.3) is 0 Å². The van der Waals surface area contributed by atoms with Crippen LogP contribution in [0.5, 0.6) is 0 Å². The van der Waals surface area contributed by atoms with E-state index in [9.17, 15) is 12.8 Å². The summed E-state index contributed by atoms with van der Waals surface area (Å²) in [6.07, 6.45) is 6.26. The van der Waals surface area contributed by atoms with Crippen molar-refractivity contribution in [2.45, 2.75) is 52.4 Å². The van der Waals surface area contributed by atoms with Crippen LogP contribution in [0.2, 0.25) is 0 Å². The number of anilines is 1. The fraction of sp³-hybridized carbons (Fsp3) is 0.429. The van der Waals surface area contributed by atoms with Crippen LogP contribution < -0.4 is 4.72 Å². The Hall–Kier alpha value is -1.88. The second-order valence-corrected chi connectivity index (χ2v) is 8.57. The lowest BCUT2D eigenvalue weighted by atomic mass is 10.0. The lowest BCUT2D eigenvalue weighted by molar-refractivity contribution is 0.588. The molecule has 0 saturated carbocycles. The molecule has 2 rings (SSSR count). The molecule has 142 valence electrons. The minimum Gasteiger partial charge on any atom is -0.283 e. The molecule has 3 nitrogen and oxygen atoms in total. The number of aryl methyl sites for hydroxylation is 1. The molecule has 2 aromatic carbocycles. The molecule has 0 fully saturated rings. The summed E-state index contributed by atoms with van der Waals surface area (Å²) < 4.78 is 40.5. The highest BCUT2D eigenvalue weighted by atomic mass is 32.2. The van der Waals surface area contributed by atoms with E-state index in [-0.39, 0.29) is 11.6 Å². The van der Waals surface area contributed by atoms with Gasteiger partial charge in [-0.1, -0.05) is 63.3 Å². The number of nitrogens with one attached hydrogen (secondary N) is 1. The maximum absolute atomic E-state index is 13.1. The monoisotopic (exact) mass is 377 g/mol. The van der Waals surface area contributed by atoms with Gasteiger partial charge >= 0.3 is 0 Å². The van der Waals surface area contributed by atoms with Crippen LogP contribution in [-0.2, 0) is 10.0 Å². The number of rotatable bonds is 10. The van der Waals surface area contributed by atoms with Crippen LogP contribution in [0, 0.1) is 12.7 Å². The molecular formula is C21H28FNO2S. The Bertz CT molecular complexity index is 801. The number of unbranched alkanes of at least 4 members (excludes halogenated alkanes) is 5. The highest BCUT2D eigenvalue weighted by Crippen LogP contribution is 2.26. The molecule has 0 radical (unpaired) electrons. The molecule has 0 aliphatic heterocycles. The average molecular weight is 378 g/mol. The van der Waals surface area contributed by atoms with Crippen molar-refractivity contribution in [1.29, 1.82) is 0 Å². The van der Waals surface area contributed by atoms with Crippen LogP contribution in [0.1, 0.15) is 51.0 Å². The van der Waals surface area contributed by atoms with Gasteiger partial charge in [-0.15, -0.1) is 0 Å². The van der Waals surface area contributed by atoms with Crippen molar-refractivity contribution in [2.75, 3.05) is 10.5 Å². The first-order valence-electron chi connectivity index (χ1n) is 9.28. The number of halogens is 1. The van der Waals surface area contributed by atoms with Gasteiger partial charge in [-0.3, -0.25) is 4.72 Å². The Morgan fingerprint density at radius 3 is 2.19 bits per heavy atom. The van der Waals surface area contributed by atoms with Crippen LogP contribution in [0.3, 0.4) is 0 Å². The predicted molar refractivity (Wildman–Crippen MR) is 107 cm³/mol. The molecule has 0 saturated heterocycles. The summed E-state index contributed by atoms with van der Waals surface area (Å²) in [5.41, 5.74) is 3.15. The normalized spacial score (nSPS) is 11.5. The van der Waals surface area contributed by atoms with E-state index in [1.807, 2.05) is 19.1 Å². The van der Waals surface area contributed by atoms with Gasteiger partial charge in [0.2, 0.25) is 10.0 Å². The van der Waals surface area contributed by atoms with Gasteiger partial charge in [0.05, 0.1) is 11.4 Å². The number of benzene rings is 2. The first kappa shape index (κ1) is 20.4. The zero-order chi connectivity index (χ0) is 19.0. The number of hydrogen-bond donors (Lipinski definition) is 1. The molecule has 0 atom stereocenters. The summed E-state index contributed by atoms with van der Waals surface area (Å²) >= 11 is 0. The highest BCUT2D eigenvalue weighted by Gasteiger charge is 2.12. The lowest BCUT2D eigenvalue weighted by Gasteiger charge is -2.12. The zero-order valence-electron chi connectivity index (χ0n) is 15.6. The van der Waals surface area contributed by atoms with Gasteiger partial charge in [-0.25, -0.2) is 12.8 Å². The van der Waals surface area contributed by atoms with Crippen LogP contribution in [0.25, 0.3) is 11.1 Å². The highest BCUT2D eigenvalue weighted by molar-refractivity contribution is 7.92. The van der Waals surface area contributed by atoms with Crippen molar-refractivity contribution in [1.82, 2.24) is 0 Å². The van der Waals surface area contributed by atoms with Crippen molar-refractivity contribution in [2.24, 2.45) is 0 Å². The van der Waals surface area contributed by atoms with Crippen LogP contribution in [0.15, 0.2) is 42.5 Å². The molecule has 26 heavy (non-hydrogen) atoms. The van der Waals surface area contributed by atoms with Crippen molar-refractivity contribution >= 4 is 15.7 Å². The second-order valence-electron chi connectivity index (χ2n) is 6.73. The molecule has 2 aromatic rings. The summed E-state index contributed by atoms with van der Waals surface area (Å²) in [4.78, 5) is 0. The van der Waals surface area contributed by atoms with Gasteiger partial charge in [-0.2, -0.15) is 0 Å². The number of hydrogen-bond acceptors (Lipinski definition) is 2. The second kappa shape index (κ2) is 9.72. The minimum absolute atomic E-state index is 0.138. The fourth-order valence-electron chi connectivity index (χ4n) is 2.84. The first-order valence-corrected chi connectivity index (χ1v) is 10.9. The Morgan fingerprint density at radius 2 is 1.50 bits per heavy atom. The van der Waals surface area contributed by atoms with Gasteiger partial charge in [0.15, 0.2) is 0 Å². The topological polar surface area (TPSA) is 46.2 Å². The molecule has 1 N–H and O–H groups in total. The van der Waals surface area contributed by atoms with E-state index in [0.29, 0.717) is 12.1 Å². The van der Waals surface area contributed by atoms with E-state index >= 15 is 0 Å². The molecule has 0 aliphatic rings. The van der Waals surface area contributed by atoms with E-state index in [2.05, 4.69) is 11.6 Å². The first-order chi connectivity index (χ1) is 12.4. The predicted octanol–water partition coefficient (Wildman–Crippen LogP) is 5.90. The molecule has 0 aliphatic carbocycles. The van der Waals surface area contributed by atoms with E-state index in [1.165, 1.54) is 31.4 Å². The summed E-state index contributed by atoms with van der Waals surface area (Å²) in [6.45, 7) is 4.04. The Balaban J connectivity index is 2.01. The van der Waals surface area contributed by atoms with E-state index in [1.54, 1.807) is 18.2 Å². The van der Waals surface area contributed by atoms with E-state index < -0.39 is 10.0 Å². The summed E-state index contributed by atoms with van der Waals surface area (Å²) in [6, 6.07) is 11.8. The Kier molecular flexibility index (Phi) is 7.64. The molecule has 0 unspecified atom stereocenters. The average Bonchev–Trinajstić information content (AvgIpc) is 2.60. The molecule has 0 spiro atoms.